The van der Waals surface area contributed by atoms with Gasteiger partial charge in [-0.05, 0) is 34.5 Å². The summed E-state index contributed by atoms with van der Waals surface area (Å²) in [6, 6.07) is 1.83. The molecule has 0 bridgehead atoms. The molecule has 0 atom stereocenters. The number of halogens is 3. The Labute approximate surface area is 111 Å². The van der Waals surface area contributed by atoms with Crippen LogP contribution in [0.25, 0.3) is 0 Å². The van der Waals surface area contributed by atoms with E-state index < -0.39 is 11.6 Å². The second kappa shape index (κ2) is 5.16. The number of anilines is 1. The molecule has 18 heavy (non-hydrogen) atoms. The lowest BCUT2D eigenvalue weighted by Crippen LogP contribution is -2.36. The minimum atomic E-state index is -0.806. The SMILES string of the molecule is CC(C(=O)Nc1c(F)cc(F)cc1Br)=C1CNC1. The first-order chi connectivity index (χ1) is 8.49. The highest BCUT2D eigenvalue weighted by molar-refractivity contribution is 9.10. The Kier molecular flexibility index (Phi) is 3.77. The van der Waals surface area contributed by atoms with Crippen molar-refractivity contribution in [3.8, 4) is 0 Å². The van der Waals surface area contributed by atoms with E-state index in [1.807, 2.05) is 0 Å². The van der Waals surface area contributed by atoms with Crippen LogP contribution in [0.1, 0.15) is 6.92 Å². The van der Waals surface area contributed by atoms with Crippen LogP contribution in [0.5, 0.6) is 0 Å². The predicted molar refractivity (Wildman–Crippen MR) is 68.3 cm³/mol. The lowest BCUT2D eigenvalue weighted by molar-refractivity contribution is -0.112. The molecule has 0 unspecified atom stereocenters. The molecule has 1 aliphatic heterocycles. The van der Waals surface area contributed by atoms with E-state index in [1.165, 1.54) is 0 Å². The second-order valence-electron chi connectivity index (χ2n) is 4.03. The molecule has 1 aromatic carbocycles. The molecule has 2 N–H and O–H groups in total. The van der Waals surface area contributed by atoms with Crippen LogP contribution in [0, 0.1) is 11.6 Å². The van der Waals surface area contributed by atoms with E-state index in [-0.39, 0.29) is 16.1 Å². The first-order valence-electron chi connectivity index (χ1n) is 5.34. The number of benzene rings is 1. The molecule has 0 aliphatic carbocycles. The molecule has 1 fully saturated rings. The van der Waals surface area contributed by atoms with Gasteiger partial charge in [-0.2, -0.15) is 0 Å². The molecule has 1 saturated heterocycles. The molecule has 0 saturated carbocycles. The van der Waals surface area contributed by atoms with Crippen molar-refractivity contribution in [2.45, 2.75) is 6.92 Å². The monoisotopic (exact) mass is 316 g/mol. The van der Waals surface area contributed by atoms with Gasteiger partial charge in [-0.15, -0.1) is 0 Å². The fourth-order valence-electron chi connectivity index (χ4n) is 1.54. The predicted octanol–water partition coefficient (Wildman–Crippen LogP) is 2.59. The largest absolute Gasteiger partial charge is 0.319 e. The molecular weight excluding hydrogens is 306 g/mol. The summed E-state index contributed by atoms with van der Waals surface area (Å²) in [4.78, 5) is 11.9. The van der Waals surface area contributed by atoms with Crippen LogP contribution in [0.4, 0.5) is 14.5 Å². The molecule has 0 spiro atoms. The Morgan fingerprint density at radius 3 is 2.56 bits per heavy atom. The minimum absolute atomic E-state index is 0.0476. The standard InChI is InChI=1S/C12H11BrF2N2O/c1-6(7-4-16-5-7)12(18)17-11-9(13)2-8(14)3-10(11)15/h2-3,16H,4-5H2,1H3,(H,17,18). The van der Waals surface area contributed by atoms with Crippen molar-refractivity contribution in [2.75, 3.05) is 18.4 Å². The summed E-state index contributed by atoms with van der Waals surface area (Å²) < 4.78 is 26.6. The van der Waals surface area contributed by atoms with E-state index >= 15 is 0 Å². The molecule has 1 heterocycles. The third kappa shape index (κ3) is 2.59. The number of hydrogen-bond acceptors (Lipinski definition) is 2. The fraction of sp³-hybridized carbons (Fsp3) is 0.250. The van der Waals surface area contributed by atoms with Gasteiger partial charge in [0.2, 0.25) is 0 Å². The highest BCUT2D eigenvalue weighted by Crippen LogP contribution is 2.27. The first kappa shape index (κ1) is 13.2. The third-order valence-electron chi connectivity index (χ3n) is 2.79. The fourth-order valence-corrected chi connectivity index (χ4v) is 2.05. The summed E-state index contributed by atoms with van der Waals surface area (Å²) in [6.07, 6.45) is 0. The van der Waals surface area contributed by atoms with Crippen molar-refractivity contribution in [1.29, 1.82) is 0 Å². The van der Waals surface area contributed by atoms with Crippen LogP contribution in [0.15, 0.2) is 27.8 Å². The number of rotatable bonds is 2. The normalized spacial score (nSPS) is 14.1. The summed E-state index contributed by atoms with van der Waals surface area (Å²) in [5.41, 5.74) is 1.50. The number of carbonyl (C=O) groups is 1. The van der Waals surface area contributed by atoms with Crippen LogP contribution in [-0.2, 0) is 4.79 Å². The van der Waals surface area contributed by atoms with Gasteiger partial charge in [0.25, 0.3) is 5.91 Å². The maximum Gasteiger partial charge on any atom is 0.251 e. The molecule has 2 rings (SSSR count). The van der Waals surface area contributed by atoms with E-state index in [0.717, 1.165) is 17.7 Å². The van der Waals surface area contributed by atoms with Crippen molar-refractivity contribution in [2.24, 2.45) is 0 Å². The topological polar surface area (TPSA) is 41.1 Å². The van der Waals surface area contributed by atoms with Gasteiger partial charge < -0.3 is 10.6 Å². The van der Waals surface area contributed by atoms with Gasteiger partial charge in [0, 0.05) is 29.2 Å². The zero-order chi connectivity index (χ0) is 13.3. The van der Waals surface area contributed by atoms with E-state index in [0.29, 0.717) is 18.7 Å². The van der Waals surface area contributed by atoms with Crippen molar-refractivity contribution in [1.82, 2.24) is 5.32 Å². The highest BCUT2D eigenvalue weighted by Gasteiger charge is 2.18. The quantitative estimate of drug-likeness (QED) is 0.823. The Bertz CT molecular complexity index is 514. The van der Waals surface area contributed by atoms with E-state index in [9.17, 15) is 13.6 Å². The van der Waals surface area contributed by atoms with Crippen LogP contribution in [0.3, 0.4) is 0 Å². The summed E-state index contributed by atoms with van der Waals surface area (Å²) in [6.45, 7) is 3.03. The summed E-state index contributed by atoms with van der Waals surface area (Å²) in [5, 5.41) is 5.46. The van der Waals surface area contributed by atoms with Crippen LogP contribution < -0.4 is 10.6 Å². The average molecular weight is 317 g/mol. The van der Waals surface area contributed by atoms with Crippen LogP contribution >= 0.6 is 15.9 Å². The maximum atomic E-state index is 13.5. The van der Waals surface area contributed by atoms with Gasteiger partial charge >= 0.3 is 0 Å². The van der Waals surface area contributed by atoms with E-state index in [1.54, 1.807) is 6.92 Å². The number of amides is 1. The van der Waals surface area contributed by atoms with Crippen molar-refractivity contribution >= 4 is 27.5 Å². The van der Waals surface area contributed by atoms with Gasteiger partial charge in [-0.25, -0.2) is 8.78 Å². The Morgan fingerprint density at radius 1 is 1.39 bits per heavy atom. The van der Waals surface area contributed by atoms with Gasteiger partial charge in [0.05, 0.1) is 5.69 Å². The molecule has 3 nitrogen and oxygen atoms in total. The summed E-state index contributed by atoms with van der Waals surface area (Å²) in [7, 11) is 0. The highest BCUT2D eigenvalue weighted by atomic mass is 79.9. The lowest BCUT2D eigenvalue weighted by atomic mass is 10.0. The van der Waals surface area contributed by atoms with Crippen molar-refractivity contribution < 1.29 is 13.6 Å². The molecule has 0 radical (unpaired) electrons. The third-order valence-corrected chi connectivity index (χ3v) is 3.42. The lowest BCUT2D eigenvalue weighted by Gasteiger charge is -2.21. The summed E-state index contributed by atoms with van der Waals surface area (Å²) in [5.74, 6) is -1.88. The first-order valence-corrected chi connectivity index (χ1v) is 6.13. The molecular formula is C12H11BrF2N2O. The maximum absolute atomic E-state index is 13.5. The molecule has 1 aliphatic rings. The minimum Gasteiger partial charge on any atom is -0.319 e. The van der Waals surface area contributed by atoms with Gasteiger partial charge in [0.1, 0.15) is 5.82 Å². The number of nitrogens with one attached hydrogen (secondary N) is 2. The average Bonchev–Trinajstić information content (AvgIpc) is 2.20. The molecule has 0 aromatic heterocycles. The van der Waals surface area contributed by atoms with Crippen molar-refractivity contribution in [3.63, 3.8) is 0 Å². The van der Waals surface area contributed by atoms with Crippen LogP contribution in [-0.4, -0.2) is 19.0 Å². The molecule has 96 valence electrons. The Morgan fingerprint density at radius 2 is 2.06 bits per heavy atom. The molecule has 1 aromatic rings. The van der Waals surface area contributed by atoms with Crippen LogP contribution in [0.2, 0.25) is 0 Å². The number of carbonyl (C=O) groups excluding carboxylic acids is 1. The van der Waals surface area contributed by atoms with E-state index in [2.05, 4.69) is 26.6 Å². The molecule has 1 amide bonds. The van der Waals surface area contributed by atoms with Gasteiger partial charge in [0.15, 0.2) is 5.82 Å². The number of hydrogen-bond donors (Lipinski definition) is 2. The van der Waals surface area contributed by atoms with E-state index in [4.69, 9.17) is 0 Å². The second-order valence-corrected chi connectivity index (χ2v) is 4.89. The smallest absolute Gasteiger partial charge is 0.251 e. The Balaban J connectivity index is 2.22. The zero-order valence-corrected chi connectivity index (χ0v) is 11.2. The van der Waals surface area contributed by atoms with Crippen molar-refractivity contribution in [3.05, 3.63) is 39.4 Å². The summed E-state index contributed by atoms with van der Waals surface area (Å²) >= 11 is 3.02. The van der Waals surface area contributed by atoms with Gasteiger partial charge in [-0.3, -0.25) is 4.79 Å². The Hall–Kier alpha value is -1.27. The molecule has 6 heteroatoms. The zero-order valence-electron chi connectivity index (χ0n) is 9.61. The van der Waals surface area contributed by atoms with Gasteiger partial charge in [-0.1, -0.05) is 0 Å².